The number of allylic oxidation sites excluding steroid dienone is 8. The second-order valence-electron chi connectivity index (χ2n) is 23.1. The number of unbranched alkanes of at least 4 members (excludes halogenated alkanes) is 44. The van der Waals surface area contributed by atoms with E-state index in [4.69, 9.17) is 14.2 Å². The minimum Gasteiger partial charge on any atom is -0.462 e. The van der Waals surface area contributed by atoms with Gasteiger partial charge in [0.05, 0.1) is 0 Å². The number of ether oxygens (including phenoxy) is 3. The molecule has 6 heteroatoms. The highest BCUT2D eigenvalue weighted by molar-refractivity contribution is 5.71. The first-order valence-electron chi connectivity index (χ1n) is 34.1. The highest BCUT2D eigenvalue weighted by Crippen LogP contribution is 2.17. The van der Waals surface area contributed by atoms with Gasteiger partial charge in [-0.3, -0.25) is 14.4 Å². The quantitative estimate of drug-likeness (QED) is 0.0261. The summed E-state index contributed by atoms with van der Waals surface area (Å²) >= 11 is 0. The summed E-state index contributed by atoms with van der Waals surface area (Å²) in [5.74, 6) is -0.855. The highest BCUT2D eigenvalue weighted by atomic mass is 16.6. The van der Waals surface area contributed by atoms with Crippen LogP contribution in [-0.2, 0) is 28.6 Å². The van der Waals surface area contributed by atoms with E-state index in [1.807, 2.05) is 0 Å². The van der Waals surface area contributed by atoms with Crippen LogP contribution >= 0.6 is 0 Å². The van der Waals surface area contributed by atoms with Gasteiger partial charge >= 0.3 is 17.9 Å². The fourth-order valence-corrected chi connectivity index (χ4v) is 10.2. The van der Waals surface area contributed by atoms with Crippen LogP contribution in [0.25, 0.3) is 0 Å². The minimum atomic E-state index is -0.776. The number of carbonyl (C=O) groups is 3. The Hall–Kier alpha value is -2.63. The van der Waals surface area contributed by atoms with Crippen molar-refractivity contribution in [2.45, 2.75) is 374 Å². The second kappa shape index (κ2) is 65.9. The molecule has 0 rings (SSSR count). The van der Waals surface area contributed by atoms with Crippen molar-refractivity contribution >= 4 is 17.9 Å². The third kappa shape index (κ3) is 64.1. The van der Waals surface area contributed by atoms with Crippen molar-refractivity contribution in [2.24, 2.45) is 0 Å². The average molecular weight is 1080 g/mol. The fourth-order valence-electron chi connectivity index (χ4n) is 10.2. The molecule has 6 nitrogen and oxygen atoms in total. The van der Waals surface area contributed by atoms with Crippen molar-refractivity contribution < 1.29 is 28.6 Å². The van der Waals surface area contributed by atoms with Gasteiger partial charge in [0.1, 0.15) is 13.2 Å². The Labute approximate surface area is 479 Å². The molecule has 0 saturated carbocycles. The smallest absolute Gasteiger partial charge is 0.306 e. The maximum atomic E-state index is 12.9. The molecule has 0 aromatic rings. The summed E-state index contributed by atoms with van der Waals surface area (Å²) in [7, 11) is 0. The number of carbonyl (C=O) groups excluding carboxylic acids is 3. The van der Waals surface area contributed by atoms with Gasteiger partial charge in [-0.2, -0.15) is 0 Å². The van der Waals surface area contributed by atoms with Gasteiger partial charge in [-0.15, -0.1) is 0 Å². The molecule has 0 bridgehead atoms. The van der Waals surface area contributed by atoms with Gasteiger partial charge in [-0.05, 0) is 83.5 Å². The van der Waals surface area contributed by atoms with E-state index in [0.29, 0.717) is 19.3 Å². The Balaban J connectivity index is 4.31. The van der Waals surface area contributed by atoms with E-state index in [1.54, 1.807) is 0 Å². The Morgan fingerprint density at radius 3 is 0.740 bits per heavy atom. The summed E-state index contributed by atoms with van der Waals surface area (Å²) < 4.78 is 17.0. The van der Waals surface area contributed by atoms with Gasteiger partial charge in [-0.1, -0.05) is 313 Å². The molecule has 0 aliphatic rings. The maximum absolute atomic E-state index is 12.9. The first kappa shape index (κ1) is 74.4. The lowest BCUT2D eigenvalue weighted by molar-refractivity contribution is -0.167. The van der Waals surface area contributed by atoms with E-state index in [-0.39, 0.29) is 31.1 Å². The summed E-state index contributed by atoms with van der Waals surface area (Å²) in [6.07, 6.45) is 82.6. The topological polar surface area (TPSA) is 78.9 Å². The second-order valence-corrected chi connectivity index (χ2v) is 23.1. The van der Waals surface area contributed by atoms with Gasteiger partial charge in [0.15, 0.2) is 6.10 Å². The molecule has 0 aromatic carbocycles. The molecule has 1 atom stereocenters. The normalized spacial score (nSPS) is 12.3. The molecule has 77 heavy (non-hydrogen) atoms. The van der Waals surface area contributed by atoms with Crippen molar-refractivity contribution in [1.29, 1.82) is 0 Å². The lowest BCUT2D eigenvalue weighted by Gasteiger charge is -2.18. The molecule has 0 amide bonds. The molecule has 0 aliphatic carbocycles. The largest absolute Gasteiger partial charge is 0.462 e. The molecule has 0 saturated heterocycles. The lowest BCUT2D eigenvalue weighted by atomic mass is 10.0. The van der Waals surface area contributed by atoms with Crippen molar-refractivity contribution in [2.75, 3.05) is 13.2 Å². The van der Waals surface area contributed by atoms with Crippen LogP contribution in [0.15, 0.2) is 48.6 Å². The average Bonchev–Trinajstić information content (AvgIpc) is 3.43. The van der Waals surface area contributed by atoms with E-state index in [1.165, 1.54) is 257 Å². The SMILES string of the molecule is CCCCCCC/C=C\C/C=C\C/C=C\CCCCCCCCCCCCC(=O)OCC(COC(=O)CCCCCCCCCCCCCCCCCC)OC(=O)CCCCCCCCC/C=C\CCCCCCCCC. The molecular weight excluding hydrogens is 949 g/mol. The molecule has 1 unspecified atom stereocenters. The minimum absolute atomic E-state index is 0.0717. The molecule has 0 heterocycles. The zero-order chi connectivity index (χ0) is 55.7. The zero-order valence-electron chi connectivity index (χ0n) is 51.7. The molecule has 0 aliphatic heterocycles. The Kier molecular flexibility index (Phi) is 63.6. The Morgan fingerprint density at radius 2 is 0.468 bits per heavy atom. The van der Waals surface area contributed by atoms with Crippen LogP contribution < -0.4 is 0 Å². The molecular formula is C71H130O6. The molecule has 0 aromatic heterocycles. The number of esters is 3. The summed E-state index contributed by atoms with van der Waals surface area (Å²) in [4.78, 5) is 38.4. The monoisotopic (exact) mass is 1080 g/mol. The fraction of sp³-hybridized carbons (Fsp3) is 0.845. The van der Waals surface area contributed by atoms with Crippen molar-refractivity contribution in [3.63, 3.8) is 0 Å². The van der Waals surface area contributed by atoms with Crippen LogP contribution in [-0.4, -0.2) is 37.2 Å². The molecule has 450 valence electrons. The highest BCUT2D eigenvalue weighted by Gasteiger charge is 2.19. The van der Waals surface area contributed by atoms with E-state index in [9.17, 15) is 14.4 Å². The van der Waals surface area contributed by atoms with E-state index >= 15 is 0 Å². The van der Waals surface area contributed by atoms with Crippen LogP contribution in [0.2, 0.25) is 0 Å². The van der Waals surface area contributed by atoms with Crippen molar-refractivity contribution in [3.05, 3.63) is 48.6 Å². The Morgan fingerprint density at radius 1 is 0.260 bits per heavy atom. The number of rotatable bonds is 63. The van der Waals surface area contributed by atoms with Gasteiger partial charge in [0.2, 0.25) is 0 Å². The van der Waals surface area contributed by atoms with Crippen LogP contribution in [0, 0.1) is 0 Å². The Bertz CT molecular complexity index is 1330. The summed E-state index contributed by atoms with van der Waals surface area (Å²) in [6, 6.07) is 0. The molecule has 0 radical (unpaired) electrons. The van der Waals surface area contributed by atoms with Gasteiger partial charge < -0.3 is 14.2 Å². The first-order chi connectivity index (χ1) is 38.0. The molecule has 0 N–H and O–H groups in total. The van der Waals surface area contributed by atoms with Crippen molar-refractivity contribution in [1.82, 2.24) is 0 Å². The number of hydrogen-bond donors (Lipinski definition) is 0. The summed E-state index contributed by atoms with van der Waals surface area (Å²) in [5, 5.41) is 0. The number of hydrogen-bond acceptors (Lipinski definition) is 6. The molecule has 0 spiro atoms. The summed E-state index contributed by atoms with van der Waals surface area (Å²) in [5.41, 5.74) is 0. The van der Waals surface area contributed by atoms with Gasteiger partial charge in [-0.25, -0.2) is 0 Å². The lowest BCUT2D eigenvalue weighted by Crippen LogP contribution is -2.30. The molecule has 0 fully saturated rings. The van der Waals surface area contributed by atoms with Crippen LogP contribution in [0.1, 0.15) is 367 Å². The zero-order valence-corrected chi connectivity index (χ0v) is 51.7. The maximum Gasteiger partial charge on any atom is 0.306 e. The third-order valence-corrected chi connectivity index (χ3v) is 15.3. The van der Waals surface area contributed by atoms with Crippen molar-refractivity contribution in [3.8, 4) is 0 Å². The van der Waals surface area contributed by atoms with Crippen LogP contribution in [0.5, 0.6) is 0 Å². The third-order valence-electron chi connectivity index (χ3n) is 15.3. The van der Waals surface area contributed by atoms with Crippen LogP contribution in [0.3, 0.4) is 0 Å². The first-order valence-corrected chi connectivity index (χ1v) is 34.1. The summed E-state index contributed by atoms with van der Waals surface area (Å²) in [6.45, 7) is 6.68. The predicted octanol–water partition coefficient (Wildman–Crippen LogP) is 23.3. The van der Waals surface area contributed by atoms with E-state index in [2.05, 4.69) is 69.4 Å². The van der Waals surface area contributed by atoms with Gasteiger partial charge in [0, 0.05) is 19.3 Å². The van der Waals surface area contributed by atoms with Crippen LogP contribution in [0.4, 0.5) is 0 Å². The van der Waals surface area contributed by atoms with E-state index in [0.717, 1.165) is 70.6 Å². The van der Waals surface area contributed by atoms with E-state index < -0.39 is 6.10 Å². The van der Waals surface area contributed by atoms with Gasteiger partial charge in [0.25, 0.3) is 0 Å². The standard InChI is InChI=1S/C71H130O6/c1-4-7-10-13-16-19-22-25-28-31-33-34-35-36-37-38-39-41-43-46-49-52-55-58-61-64-70(73)76-67-68(66-75-69(72)63-60-57-54-51-48-45-42-30-27-24-21-18-15-12-9-6-3)77-71(74)65-62-59-56-53-50-47-44-40-32-29-26-23-20-17-14-11-8-5-2/h22,25,29,31-33,35-36,68H,4-21,23-24,26-28,30,34,37-67H2,1-3H3/b25-22-,32-29-,33-31-,36-35-. The predicted molar refractivity (Wildman–Crippen MR) is 335 cm³/mol.